The van der Waals surface area contributed by atoms with Gasteiger partial charge in [0.2, 0.25) is 0 Å². The van der Waals surface area contributed by atoms with Gasteiger partial charge in [0.15, 0.2) is 5.82 Å². The number of methoxy groups -OCH3 is 1. The predicted molar refractivity (Wildman–Crippen MR) is 94.9 cm³/mol. The van der Waals surface area contributed by atoms with E-state index in [4.69, 9.17) is 10.00 Å². The first-order valence-electron chi connectivity index (χ1n) is 7.78. The Morgan fingerprint density at radius 3 is 2.92 bits per heavy atom. The van der Waals surface area contributed by atoms with Gasteiger partial charge in [0.1, 0.15) is 5.75 Å². The Morgan fingerprint density at radius 1 is 1.31 bits per heavy atom. The van der Waals surface area contributed by atoms with Crippen LogP contribution < -0.4 is 15.4 Å². The highest BCUT2D eigenvalue weighted by Gasteiger charge is 2.11. The molecule has 0 aliphatic rings. The van der Waals surface area contributed by atoms with Gasteiger partial charge in [-0.15, -0.1) is 0 Å². The van der Waals surface area contributed by atoms with Crippen molar-refractivity contribution in [2.75, 3.05) is 12.4 Å². The zero-order valence-corrected chi connectivity index (χ0v) is 14.0. The quantitative estimate of drug-likeness (QED) is 0.737. The van der Waals surface area contributed by atoms with Gasteiger partial charge in [0.05, 0.1) is 24.4 Å². The molecule has 0 fully saturated rings. The van der Waals surface area contributed by atoms with E-state index in [0.717, 1.165) is 5.56 Å². The second kappa shape index (κ2) is 7.81. The van der Waals surface area contributed by atoms with Crippen LogP contribution in [0.4, 0.5) is 10.5 Å². The summed E-state index contributed by atoms with van der Waals surface area (Å²) in [5, 5.41) is 18.6. The summed E-state index contributed by atoms with van der Waals surface area (Å²) in [6, 6.07) is 11.9. The SMILES string of the molecule is COc1ccc(C#N)cc1NC(=O)NCc1cccnc1-n1cccn1. The minimum atomic E-state index is -0.423. The fraction of sp³-hybridized carbons (Fsp3) is 0.111. The molecule has 2 amide bonds. The molecule has 1 aromatic carbocycles. The summed E-state index contributed by atoms with van der Waals surface area (Å²) in [4.78, 5) is 16.6. The van der Waals surface area contributed by atoms with E-state index in [0.29, 0.717) is 22.8 Å². The topological polar surface area (TPSA) is 105 Å². The summed E-state index contributed by atoms with van der Waals surface area (Å²) >= 11 is 0. The molecular formula is C18H16N6O2. The van der Waals surface area contributed by atoms with Gasteiger partial charge in [0, 0.05) is 30.7 Å². The molecule has 8 heteroatoms. The number of nitrogens with one attached hydrogen (secondary N) is 2. The highest BCUT2D eigenvalue weighted by molar-refractivity contribution is 5.91. The molecule has 2 aromatic heterocycles. The number of hydrogen-bond donors (Lipinski definition) is 2. The smallest absolute Gasteiger partial charge is 0.319 e. The van der Waals surface area contributed by atoms with Crippen LogP contribution in [0, 0.1) is 11.3 Å². The first-order valence-corrected chi connectivity index (χ1v) is 7.78. The Balaban J connectivity index is 1.70. The van der Waals surface area contributed by atoms with E-state index in [9.17, 15) is 4.79 Å². The number of pyridine rings is 1. The summed E-state index contributed by atoms with van der Waals surface area (Å²) in [6.07, 6.45) is 5.11. The van der Waals surface area contributed by atoms with Crippen molar-refractivity contribution in [2.45, 2.75) is 6.54 Å². The number of ether oxygens (including phenoxy) is 1. The molecule has 8 nitrogen and oxygen atoms in total. The Kier molecular flexibility index (Phi) is 5.10. The van der Waals surface area contributed by atoms with E-state index in [2.05, 4.69) is 20.7 Å². The van der Waals surface area contributed by atoms with Gasteiger partial charge >= 0.3 is 6.03 Å². The van der Waals surface area contributed by atoms with Crippen molar-refractivity contribution in [3.8, 4) is 17.6 Å². The number of carbonyl (C=O) groups is 1. The summed E-state index contributed by atoms with van der Waals surface area (Å²) < 4.78 is 6.84. The highest BCUT2D eigenvalue weighted by Crippen LogP contribution is 2.25. The maximum Gasteiger partial charge on any atom is 0.319 e. The number of carbonyl (C=O) groups excluding carboxylic acids is 1. The summed E-state index contributed by atoms with van der Waals surface area (Å²) in [7, 11) is 1.50. The summed E-state index contributed by atoms with van der Waals surface area (Å²) in [5.41, 5.74) is 1.65. The van der Waals surface area contributed by atoms with Crippen molar-refractivity contribution in [3.05, 3.63) is 66.1 Å². The molecule has 0 saturated heterocycles. The Labute approximate surface area is 150 Å². The molecule has 0 unspecified atom stereocenters. The van der Waals surface area contributed by atoms with Crippen molar-refractivity contribution in [1.82, 2.24) is 20.1 Å². The number of anilines is 1. The molecule has 130 valence electrons. The van der Waals surface area contributed by atoms with Crippen LogP contribution in [0.1, 0.15) is 11.1 Å². The monoisotopic (exact) mass is 348 g/mol. The molecule has 0 radical (unpaired) electrons. The number of aromatic nitrogens is 3. The van der Waals surface area contributed by atoms with E-state index in [1.165, 1.54) is 7.11 Å². The number of rotatable bonds is 5. The lowest BCUT2D eigenvalue weighted by Crippen LogP contribution is -2.29. The molecule has 0 spiro atoms. The van der Waals surface area contributed by atoms with Crippen LogP contribution in [-0.4, -0.2) is 27.9 Å². The summed E-state index contributed by atoms with van der Waals surface area (Å²) in [5.74, 6) is 1.11. The van der Waals surface area contributed by atoms with Crippen molar-refractivity contribution in [1.29, 1.82) is 5.26 Å². The lowest BCUT2D eigenvalue weighted by molar-refractivity contribution is 0.251. The van der Waals surface area contributed by atoms with Crippen LogP contribution in [0.15, 0.2) is 55.0 Å². The molecule has 2 N–H and O–H groups in total. The van der Waals surface area contributed by atoms with E-state index in [-0.39, 0.29) is 6.54 Å². The van der Waals surface area contributed by atoms with Crippen molar-refractivity contribution in [3.63, 3.8) is 0 Å². The molecule has 3 aromatic rings. The van der Waals surface area contributed by atoms with Gasteiger partial charge in [-0.2, -0.15) is 10.4 Å². The molecule has 3 rings (SSSR count). The largest absolute Gasteiger partial charge is 0.495 e. The van der Waals surface area contributed by atoms with E-state index >= 15 is 0 Å². The molecule has 0 aliphatic carbocycles. The fourth-order valence-corrected chi connectivity index (χ4v) is 2.39. The number of benzene rings is 1. The number of hydrogen-bond acceptors (Lipinski definition) is 5. The number of amides is 2. The van der Waals surface area contributed by atoms with Crippen molar-refractivity contribution in [2.24, 2.45) is 0 Å². The third-order valence-corrected chi connectivity index (χ3v) is 3.61. The van der Waals surface area contributed by atoms with Crippen LogP contribution in [0.3, 0.4) is 0 Å². The molecular weight excluding hydrogens is 332 g/mol. The van der Waals surface area contributed by atoms with E-state index in [1.54, 1.807) is 53.6 Å². The minimum Gasteiger partial charge on any atom is -0.495 e. The zero-order valence-electron chi connectivity index (χ0n) is 14.0. The molecule has 0 bridgehead atoms. The lowest BCUT2D eigenvalue weighted by Gasteiger charge is -2.12. The molecule has 0 saturated carbocycles. The first kappa shape index (κ1) is 17.0. The van der Waals surface area contributed by atoms with Crippen molar-refractivity contribution >= 4 is 11.7 Å². The molecule has 26 heavy (non-hydrogen) atoms. The van der Waals surface area contributed by atoms with Crippen molar-refractivity contribution < 1.29 is 9.53 Å². The van der Waals surface area contributed by atoms with Crippen LogP contribution in [0.5, 0.6) is 5.75 Å². The number of nitrogens with zero attached hydrogens (tertiary/aromatic N) is 4. The Morgan fingerprint density at radius 2 is 2.19 bits per heavy atom. The zero-order chi connectivity index (χ0) is 18.4. The van der Waals surface area contributed by atoms with Crippen LogP contribution >= 0.6 is 0 Å². The predicted octanol–water partition coefficient (Wildman–Crippen LogP) is 2.47. The van der Waals surface area contributed by atoms with Crippen LogP contribution in [0.2, 0.25) is 0 Å². The van der Waals surface area contributed by atoms with Gasteiger partial charge < -0.3 is 15.4 Å². The minimum absolute atomic E-state index is 0.259. The molecule has 0 aliphatic heterocycles. The highest BCUT2D eigenvalue weighted by atomic mass is 16.5. The average Bonchev–Trinajstić information content (AvgIpc) is 3.21. The van der Waals surface area contributed by atoms with E-state index < -0.39 is 6.03 Å². The van der Waals surface area contributed by atoms with Gasteiger partial charge in [-0.3, -0.25) is 0 Å². The number of nitriles is 1. The second-order valence-corrected chi connectivity index (χ2v) is 5.27. The normalized spacial score (nSPS) is 10.0. The van der Waals surface area contributed by atoms with Gasteiger partial charge in [-0.05, 0) is 30.3 Å². The Hall–Kier alpha value is -3.86. The summed E-state index contributed by atoms with van der Waals surface area (Å²) in [6.45, 7) is 0.259. The lowest BCUT2D eigenvalue weighted by atomic mass is 10.2. The van der Waals surface area contributed by atoms with Gasteiger partial charge in [-0.1, -0.05) is 6.07 Å². The maximum atomic E-state index is 12.2. The third kappa shape index (κ3) is 3.79. The molecule has 0 atom stereocenters. The average molecular weight is 348 g/mol. The third-order valence-electron chi connectivity index (χ3n) is 3.61. The van der Waals surface area contributed by atoms with Gasteiger partial charge in [0.25, 0.3) is 0 Å². The van der Waals surface area contributed by atoms with E-state index in [1.807, 2.05) is 12.1 Å². The van der Waals surface area contributed by atoms with Gasteiger partial charge in [-0.25, -0.2) is 14.5 Å². The van der Waals surface area contributed by atoms with Crippen LogP contribution in [-0.2, 0) is 6.54 Å². The number of urea groups is 1. The standard InChI is InChI=1S/C18H16N6O2/c1-26-16-6-5-13(11-19)10-15(16)23-18(25)21-12-14-4-2-7-20-17(14)24-9-3-8-22-24/h2-10H,12H2,1H3,(H2,21,23,25). The van der Waals surface area contributed by atoms with Crippen LogP contribution in [0.25, 0.3) is 5.82 Å². The second-order valence-electron chi connectivity index (χ2n) is 5.27. The maximum absolute atomic E-state index is 12.2. The fourth-order valence-electron chi connectivity index (χ4n) is 2.39. The Bertz CT molecular complexity index is 947. The molecule has 2 heterocycles. The first-order chi connectivity index (χ1) is 12.7.